The Labute approximate surface area is 214 Å². The number of guanidine groups is 1. The van der Waals surface area contributed by atoms with Gasteiger partial charge in [-0.1, -0.05) is 30.3 Å². The van der Waals surface area contributed by atoms with E-state index >= 15 is 0 Å². The second-order valence-corrected chi connectivity index (χ2v) is 9.93. The standard InChI is InChI=1S/C25H37N5S.HI/c1-26-25(27-17-20-9-11-21(12-10-20)19-30-14-3-4-15-30)28-18-22-7-5-13-29(2)24(22)23-8-6-16-31-23;/h6,8-12,16,22,24H,3-5,7,13-15,17-19H2,1-2H3,(H2,26,27,28);1H. The van der Waals surface area contributed by atoms with E-state index in [0.717, 1.165) is 25.6 Å². The van der Waals surface area contributed by atoms with E-state index in [1.54, 1.807) is 0 Å². The largest absolute Gasteiger partial charge is 0.356 e. The number of piperidine rings is 1. The van der Waals surface area contributed by atoms with Gasteiger partial charge in [-0.2, -0.15) is 0 Å². The number of hydrogen-bond acceptors (Lipinski definition) is 4. The average Bonchev–Trinajstić information content (AvgIpc) is 3.49. The van der Waals surface area contributed by atoms with E-state index < -0.39 is 0 Å². The molecule has 32 heavy (non-hydrogen) atoms. The van der Waals surface area contributed by atoms with Gasteiger partial charge >= 0.3 is 0 Å². The lowest BCUT2D eigenvalue weighted by Crippen LogP contribution is -2.44. The van der Waals surface area contributed by atoms with Crippen molar-refractivity contribution in [1.82, 2.24) is 20.4 Å². The smallest absolute Gasteiger partial charge is 0.191 e. The lowest BCUT2D eigenvalue weighted by Gasteiger charge is -2.39. The van der Waals surface area contributed by atoms with Crippen LogP contribution in [0, 0.1) is 5.92 Å². The molecule has 5 nitrogen and oxygen atoms in total. The third kappa shape index (κ3) is 6.92. The molecule has 4 rings (SSSR count). The summed E-state index contributed by atoms with van der Waals surface area (Å²) in [6.45, 7) is 6.49. The second-order valence-electron chi connectivity index (χ2n) is 8.95. The second kappa shape index (κ2) is 12.9. The van der Waals surface area contributed by atoms with Crippen LogP contribution in [0.3, 0.4) is 0 Å². The summed E-state index contributed by atoms with van der Waals surface area (Å²) in [5.74, 6) is 1.49. The van der Waals surface area contributed by atoms with E-state index in [4.69, 9.17) is 0 Å². The van der Waals surface area contributed by atoms with Gasteiger partial charge in [0.2, 0.25) is 0 Å². The van der Waals surface area contributed by atoms with Crippen molar-refractivity contribution < 1.29 is 0 Å². The fourth-order valence-electron chi connectivity index (χ4n) is 4.98. The van der Waals surface area contributed by atoms with Crippen molar-refractivity contribution in [3.05, 3.63) is 57.8 Å². The molecule has 176 valence electrons. The lowest BCUT2D eigenvalue weighted by atomic mass is 9.88. The van der Waals surface area contributed by atoms with Crippen LogP contribution in [0.15, 0.2) is 46.8 Å². The van der Waals surface area contributed by atoms with Gasteiger partial charge in [0.05, 0.1) is 0 Å². The molecular formula is C25H38IN5S. The molecule has 0 saturated carbocycles. The highest BCUT2D eigenvalue weighted by molar-refractivity contribution is 14.0. The summed E-state index contributed by atoms with van der Waals surface area (Å²) < 4.78 is 0. The minimum absolute atomic E-state index is 0. The van der Waals surface area contributed by atoms with E-state index in [1.807, 2.05) is 18.4 Å². The van der Waals surface area contributed by atoms with Gasteiger partial charge in [-0.3, -0.25) is 14.8 Å². The summed E-state index contributed by atoms with van der Waals surface area (Å²) in [6.07, 6.45) is 5.22. The Hall–Kier alpha value is -1.16. The first-order chi connectivity index (χ1) is 15.2. The number of nitrogens with zero attached hydrogens (tertiary/aromatic N) is 3. The van der Waals surface area contributed by atoms with Gasteiger partial charge in [-0.15, -0.1) is 35.3 Å². The SMILES string of the molecule is CN=C(NCc1ccc(CN2CCCC2)cc1)NCC1CCCN(C)C1c1cccs1.I. The number of likely N-dealkylation sites (tertiary alicyclic amines) is 2. The maximum Gasteiger partial charge on any atom is 0.191 e. The number of halogens is 1. The first-order valence-corrected chi connectivity index (χ1v) is 12.6. The summed E-state index contributed by atoms with van der Waals surface area (Å²) in [6, 6.07) is 14.0. The Morgan fingerprint density at radius 1 is 1.03 bits per heavy atom. The minimum Gasteiger partial charge on any atom is -0.356 e. The third-order valence-corrected chi connectivity index (χ3v) is 7.63. The normalized spacial score (nSPS) is 22.5. The van der Waals surface area contributed by atoms with Crippen LogP contribution in [-0.2, 0) is 13.1 Å². The molecule has 2 fully saturated rings. The van der Waals surface area contributed by atoms with Crippen LogP contribution in [0.25, 0.3) is 0 Å². The summed E-state index contributed by atoms with van der Waals surface area (Å²) in [5.41, 5.74) is 2.70. The molecule has 0 bridgehead atoms. The zero-order valence-corrected chi connectivity index (χ0v) is 22.6. The summed E-state index contributed by atoms with van der Waals surface area (Å²) in [4.78, 5) is 11.0. The van der Waals surface area contributed by atoms with Crippen LogP contribution in [0.1, 0.15) is 47.7 Å². The highest BCUT2D eigenvalue weighted by Crippen LogP contribution is 2.36. The molecule has 3 heterocycles. The van der Waals surface area contributed by atoms with E-state index in [-0.39, 0.29) is 24.0 Å². The fourth-order valence-corrected chi connectivity index (χ4v) is 5.96. The highest BCUT2D eigenvalue weighted by Gasteiger charge is 2.31. The van der Waals surface area contributed by atoms with Crippen molar-refractivity contribution >= 4 is 41.3 Å². The molecule has 0 radical (unpaired) electrons. The number of nitrogens with one attached hydrogen (secondary N) is 2. The molecule has 2 N–H and O–H groups in total. The van der Waals surface area contributed by atoms with Crippen LogP contribution >= 0.6 is 35.3 Å². The van der Waals surface area contributed by atoms with Crippen LogP contribution in [0.4, 0.5) is 0 Å². The van der Waals surface area contributed by atoms with Crippen LogP contribution in [0.2, 0.25) is 0 Å². The monoisotopic (exact) mass is 567 g/mol. The van der Waals surface area contributed by atoms with Crippen LogP contribution in [-0.4, -0.2) is 56.0 Å². The molecule has 0 spiro atoms. The molecule has 7 heteroatoms. The molecule has 1 aromatic heterocycles. The summed E-state index contributed by atoms with van der Waals surface area (Å²) in [7, 11) is 4.12. The van der Waals surface area contributed by atoms with Gasteiger partial charge in [0.25, 0.3) is 0 Å². The van der Waals surface area contributed by atoms with Crippen molar-refractivity contribution in [2.75, 3.05) is 40.3 Å². The third-order valence-electron chi connectivity index (χ3n) is 6.68. The Morgan fingerprint density at radius 3 is 2.47 bits per heavy atom. The molecule has 2 unspecified atom stereocenters. The number of thiophene rings is 1. The Kier molecular flexibility index (Phi) is 10.3. The zero-order chi connectivity index (χ0) is 21.5. The number of rotatable bonds is 7. The number of benzene rings is 1. The van der Waals surface area contributed by atoms with E-state index in [0.29, 0.717) is 12.0 Å². The molecule has 2 saturated heterocycles. The van der Waals surface area contributed by atoms with Crippen LogP contribution in [0.5, 0.6) is 0 Å². The van der Waals surface area contributed by atoms with Crippen molar-refractivity contribution in [2.24, 2.45) is 10.9 Å². The Balaban J connectivity index is 0.00000289. The van der Waals surface area contributed by atoms with Crippen molar-refractivity contribution in [3.8, 4) is 0 Å². The van der Waals surface area contributed by atoms with Crippen molar-refractivity contribution in [1.29, 1.82) is 0 Å². The first-order valence-electron chi connectivity index (χ1n) is 11.7. The fraction of sp³-hybridized carbons (Fsp3) is 0.560. The van der Waals surface area contributed by atoms with Crippen molar-refractivity contribution in [2.45, 2.75) is 44.8 Å². The van der Waals surface area contributed by atoms with E-state index in [1.165, 1.54) is 61.3 Å². The van der Waals surface area contributed by atoms with Gasteiger partial charge in [0.1, 0.15) is 0 Å². The topological polar surface area (TPSA) is 42.9 Å². The molecule has 2 aliphatic rings. The summed E-state index contributed by atoms with van der Waals surface area (Å²) >= 11 is 1.88. The van der Waals surface area contributed by atoms with E-state index in [2.05, 4.69) is 74.3 Å². The maximum absolute atomic E-state index is 4.46. The first kappa shape index (κ1) is 25.5. The van der Waals surface area contributed by atoms with E-state index in [9.17, 15) is 0 Å². The highest BCUT2D eigenvalue weighted by atomic mass is 127. The molecule has 2 aromatic rings. The molecular weight excluding hydrogens is 529 g/mol. The van der Waals surface area contributed by atoms with Crippen molar-refractivity contribution in [3.63, 3.8) is 0 Å². The predicted molar refractivity (Wildman–Crippen MR) is 147 cm³/mol. The number of hydrogen-bond donors (Lipinski definition) is 2. The average molecular weight is 568 g/mol. The number of aliphatic imine (C=N–C) groups is 1. The Bertz CT molecular complexity index is 817. The molecule has 2 atom stereocenters. The lowest BCUT2D eigenvalue weighted by molar-refractivity contribution is 0.125. The molecule has 0 aliphatic carbocycles. The maximum atomic E-state index is 4.46. The zero-order valence-electron chi connectivity index (χ0n) is 19.4. The van der Waals surface area contributed by atoms with Gasteiger partial charge in [-0.05, 0) is 80.9 Å². The van der Waals surface area contributed by atoms with Gasteiger partial charge in [0, 0.05) is 37.6 Å². The molecule has 0 amide bonds. The summed E-state index contributed by atoms with van der Waals surface area (Å²) in [5, 5.41) is 9.28. The molecule has 2 aliphatic heterocycles. The van der Waals surface area contributed by atoms with Gasteiger partial charge < -0.3 is 10.6 Å². The predicted octanol–water partition coefficient (Wildman–Crippen LogP) is 4.71. The van der Waals surface area contributed by atoms with Gasteiger partial charge in [0.15, 0.2) is 5.96 Å². The van der Waals surface area contributed by atoms with Gasteiger partial charge in [-0.25, -0.2) is 0 Å². The quantitative estimate of drug-likeness (QED) is 0.289. The van der Waals surface area contributed by atoms with Crippen LogP contribution < -0.4 is 10.6 Å². The molecule has 1 aromatic carbocycles. The Morgan fingerprint density at radius 2 is 1.78 bits per heavy atom. The minimum atomic E-state index is 0.